The lowest BCUT2D eigenvalue weighted by atomic mass is 9.85. The number of rotatable bonds is 6. The Morgan fingerprint density at radius 3 is 2.85 bits per heavy atom. The van der Waals surface area contributed by atoms with Crippen LogP contribution in [0.15, 0.2) is 4.52 Å². The molecule has 20 heavy (non-hydrogen) atoms. The number of nitrogens with zero attached hydrogens (tertiary/aromatic N) is 2. The molecule has 1 atom stereocenters. The van der Waals surface area contributed by atoms with Gasteiger partial charge in [-0.2, -0.15) is 4.98 Å². The molecule has 0 spiro atoms. The molecule has 2 rings (SSSR count). The first-order valence-electron chi connectivity index (χ1n) is 6.55. The molecule has 4 nitrogen and oxygen atoms in total. The molecule has 0 radical (unpaired) electrons. The van der Waals surface area contributed by atoms with Crippen molar-refractivity contribution in [1.29, 1.82) is 0 Å². The van der Waals surface area contributed by atoms with Gasteiger partial charge in [0.2, 0.25) is 5.89 Å². The zero-order valence-electron chi connectivity index (χ0n) is 10.8. The molecule has 1 aromatic rings. The molecule has 1 saturated carbocycles. The van der Waals surface area contributed by atoms with Gasteiger partial charge in [-0.15, -0.1) is 0 Å². The normalized spacial score (nSPS) is 22.4. The molecule has 114 valence electrons. The lowest BCUT2D eigenvalue weighted by Gasteiger charge is -2.28. The van der Waals surface area contributed by atoms with Gasteiger partial charge < -0.3 is 9.26 Å². The van der Waals surface area contributed by atoms with Gasteiger partial charge in [0, 0.05) is 6.42 Å². The van der Waals surface area contributed by atoms with Gasteiger partial charge in [0.25, 0.3) is 12.3 Å². The summed E-state index contributed by atoms with van der Waals surface area (Å²) in [6.07, 6.45) is -1.03. The topological polar surface area (TPSA) is 48.2 Å². The molecule has 0 bridgehead atoms. The Morgan fingerprint density at radius 2 is 2.15 bits per heavy atom. The van der Waals surface area contributed by atoms with Crippen molar-refractivity contribution in [3.05, 3.63) is 11.7 Å². The molecule has 0 aliphatic heterocycles. The van der Waals surface area contributed by atoms with Crippen LogP contribution in [0.25, 0.3) is 0 Å². The number of halogens is 4. The summed E-state index contributed by atoms with van der Waals surface area (Å²) in [5.74, 6) is -3.70. The number of aromatic nitrogens is 2. The highest BCUT2D eigenvalue weighted by Gasteiger charge is 2.44. The molecule has 1 aromatic heterocycles. The van der Waals surface area contributed by atoms with Crippen LogP contribution in [0.3, 0.4) is 0 Å². The van der Waals surface area contributed by atoms with Crippen LogP contribution in [0.4, 0.5) is 17.6 Å². The van der Waals surface area contributed by atoms with Crippen molar-refractivity contribution >= 4 is 0 Å². The Labute approximate surface area is 113 Å². The van der Waals surface area contributed by atoms with E-state index in [2.05, 4.69) is 14.9 Å². The van der Waals surface area contributed by atoms with E-state index < -0.39 is 24.9 Å². The summed E-state index contributed by atoms with van der Waals surface area (Å²) in [5, 5.41) is 3.58. The van der Waals surface area contributed by atoms with E-state index in [0.717, 1.165) is 0 Å². The molecular formula is C12H16F4N2O2. The van der Waals surface area contributed by atoms with Crippen molar-refractivity contribution in [3.63, 3.8) is 0 Å². The molecule has 0 saturated heterocycles. The van der Waals surface area contributed by atoms with Crippen molar-refractivity contribution in [2.45, 2.75) is 50.4 Å². The van der Waals surface area contributed by atoms with Gasteiger partial charge in [-0.25, -0.2) is 17.6 Å². The van der Waals surface area contributed by atoms with Crippen LogP contribution in [0, 0.1) is 0 Å². The molecule has 1 aliphatic carbocycles. The van der Waals surface area contributed by atoms with E-state index in [1.807, 2.05) is 0 Å². The molecule has 1 unspecified atom stereocenters. The van der Waals surface area contributed by atoms with Gasteiger partial charge >= 0.3 is 0 Å². The van der Waals surface area contributed by atoms with Crippen molar-refractivity contribution in [2.24, 2.45) is 0 Å². The zero-order valence-corrected chi connectivity index (χ0v) is 10.8. The molecule has 0 aromatic carbocycles. The average Bonchev–Trinajstić information content (AvgIpc) is 2.82. The summed E-state index contributed by atoms with van der Waals surface area (Å²) in [6.45, 7) is -0.672. The van der Waals surface area contributed by atoms with Crippen LogP contribution in [-0.4, -0.2) is 35.7 Å². The first-order chi connectivity index (χ1) is 9.49. The fourth-order valence-electron chi connectivity index (χ4n) is 2.26. The van der Waals surface area contributed by atoms with Gasteiger partial charge in [0.05, 0.1) is 18.9 Å². The molecule has 8 heteroatoms. The highest BCUT2D eigenvalue weighted by atomic mass is 19.3. The fraction of sp³-hybridized carbons (Fsp3) is 0.833. The van der Waals surface area contributed by atoms with Crippen LogP contribution in [0.2, 0.25) is 0 Å². The SMILES string of the molecule is FC(F)COCCc1nc(C2CCCCC2(F)F)no1. The number of alkyl halides is 4. The lowest BCUT2D eigenvalue weighted by Crippen LogP contribution is -2.30. The van der Waals surface area contributed by atoms with E-state index in [-0.39, 0.29) is 31.2 Å². The maximum absolute atomic E-state index is 13.7. The average molecular weight is 296 g/mol. The van der Waals surface area contributed by atoms with Crippen LogP contribution in [-0.2, 0) is 11.2 Å². The van der Waals surface area contributed by atoms with E-state index in [0.29, 0.717) is 19.3 Å². The second-order valence-corrected chi connectivity index (χ2v) is 4.82. The first kappa shape index (κ1) is 15.2. The largest absolute Gasteiger partial charge is 0.375 e. The van der Waals surface area contributed by atoms with Crippen LogP contribution >= 0.6 is 0 Å². The van der Waals surface area contributed by atoms with Crippen molar-refractivity contribution in [1.82, 2.24) is 10.1 Å². The monoisotopic (exact) mass is 296 g/mol. The second-order valence-electron chi connectivity index (χ2n) is 4.82. The lowest BCUT2D eigenvalue weighted by molar-refractivity contribution is -0.0576. The van der Waals surface area contributed by atoms with E-state index >= 15 is 0 Å². The summed E-state index contributed by atoms with van der Waals surface area (Å²) in [7, 11) is 0. The van der Waals surface area contributed by atoms with Crippen molar-refractivity contribution in [2.75, 3.05) is 13.2 Å². The van der Waals surface area contributed by atoms with E-state index in [1.165, 1.54) is 0 Å². The van der Waals surface area contributed by atoms with Gasteiger partial charge in [-0.3, -0.25) is 0 Å². The van der Waals surface area contributed by atoms with Crippen LogP contribution < -0.4 is 0 Å². The minimum absolute atomic E-state index is 0.00133. The third kappa shape index (κ3) is 3.91. The summed E-state index contributed by atoms with van der Waals surface area (Å²) in [4.78, 5) is 3.92. The molecule has 1 fully saturated rings. The van der Waals surface area contributed by atoms with Crippen LogP contribution in [0.1, 0.15) is 43.3 Å². The van der Waals surface area contributed by atoms with E-state index in [4.69, 9.17) is 4.52 Å². The second kappa shape index (κ2) is 6.51. The van der Waals surface area contributed by atoms with Crippen LogP contribution in [0.5, 0.6) is 0 Å². The van der Waals surface area contributed by atoms with Crippen molar-refractivity contribution < 1.29 is 26.8 Å². The fourth-order valence-corrected chi connectivity index (χ4v) is 2.26. The van der Waals surface area contributed by atoms with Gasteiger partial charge in [-0.05, 0) is 12.8 Å². The summed E-state index contributed by atoms with van der Waals surface area (Å²) < 4.78 is 60.7. The molecule has 0 N–H and O–H groups in total. The minimum Gasteiger partial charge on any atom is -0.375 e. The van der Waals surface area contributed by atoms with Gasteiger partial charge in [-0.1, -0.05) is 11.6 Å². The quantitative estimate of drug-likeness (QED) is 0.597. The maximum atomic E-state index is 13.7. The third-order valence-corrected chi connectivity index (χ3v) is 3.26. The number of hydrogen-bond acceptors (Lipinski definition) is 4. The molecular weight excluding hydrogens is 280 g/mol. The standard InChI is InChI=1S/C12H16F4N2O2/c13-9(14)7-19-6-4-10-17-11(18-20-10)8-3-1-2-5-12(8,15)16/h8-9H,1-7H2. The van der Waals surface area contributed by atoms with Gasteiger partial charge in [0.15, 0.2) is 5.82 Å². The smallest absolute Gasteiger partial charge is 0.261 e. The van der Waals surface area contributed by atoms with E-state index in [9.17, 15) is 17.6 Å². The highest BCUT2D eigenvalue weighted by molar-refractivity contribution is 5.04. The first-order valence-corrected chi connectivity index (χ1v) is 6.55. The summed E-state index contributed by atoms with van der Waals surface area (Å²) in [5.41, 5.74) is 0. The van der Waals surface area contributed by atoms with Gasteiger partial charge in [0.1, 0.15) is 6.61 Å². The predicted octanol–water partition coefficient (Wildman–Crippen LogP) is 3.19. The number of ether oxygens (including phenoxy) is 1. The molecule has 0 amide bonds. The maximum Gasteiger partial charge on any atom is 0.261 e. The minimum atomic E-state index is -2.81. The summed E-state index contributed by atoms with van der Waals surface area (Å²) >= 11 is 0. The zero-order chi connectivity index (χ0) is 14.6. The number of hydrogen-bond donors (Lipinski definition) is 0. The Kier molecular flexibility index (Phi) is 4.95. The Balaban J connectivity index is 1.88. The predicted molar refractivity (Wildman–Crippen MR) is 61.0 cm³/mol. The molecule has 1 heterocycles. The van der Waals surface area contributed by atoms with Crippen molar-refractivity contribution in [3.8, 4) is 0 Å². The highest BCUT2D eigenvalue weighted by Crippen LogP contribution is 2.43. The molecule has 1 aliphatic rings. The Morgan fingerprint density at radius 1 is 1.35 bits per heavy atom. The Hall–Kier alpha value is -1.18. The Bertz CT molecular complexity index is 425. The van der Waals surface area contributed by atoms with E-state index in [1.54, 1.807) is 0 Å². The third-order valence-electron chi connectivity index (χ3n) is 3.26. The summed E-state index contributed by atoms with van der Waals surface area (Å²) in [6, 6.07) is 0.